The van der Waals surface area contributed by atoms with E-state index in [0.29, 0.717) is 18.2 Å². The number of aromatic nitrogens is 2. The largest absolute Gasteiger partial charge is 0.337 e. The molecule has 5 heteroatoms. The van der Waals surface area contributed by atoms with E-state index in [2.05, 4.69) is 5.10 Å². The van der Waals surface area contributed by atoms with Crippen LogP contribution in [0, 0.1) is 12.8 Å². The fourth-order valence-corrected chi connectivity index (χ4v) is 2.32. The monoisotopic (exact) mass is 236 g/mol. The van der Waals surface area contributed by atoms with Crippen molar-refractivity contribution in [3.8, 4) is 0 Å². The number of carbonyl (C=O) groups excluding carboxylic acids is 1. The summed E-state index contributed by atoms with van der Waals surface area (Å²) in [4.78, 5) is 14.1. The fraction of sp³-hybridized carbons (Fsp3) is 0.667. The molecule has 1 saturated heterocycles. The Labute approximate surface area is 102 Å². The van der Waals surface area contributed by atoms with E-state index in [1.54, 1.807) is 4.68 Å². The molecule has 0 aliphatic carbocycles. The highest BCUT2D eigenvalue weighted by Gasteiger charge is 2.27. The lowest BCUT2D eigenvalue weighted by atomic mass is 10.1. The van der Waals surface area contributed by atoms with Crippen LogP contribution in [0.4, 0.5) is 0 Å². The summed E-state index contributed by atoms with van der Waals surface area (Å²) in [6, 6.07) is 1.85. The highest BCUT2D eigenvalue weighted by molar-refractivity contribution is 5.92. The minimum atomic E-state index is 0.0493. The normalized spacial score (nSPS) is 19.9. The van der Waals surface area contributed by atoms with Crippen LogP contribution in [0.25, 0.3) is 0 Å². The van der Waals surface area contributed by atoms with Crippen molar-refractivity contribution in [3.63, 3.8) is 0 Å². The number of hydrogen-bond acceptors (Lipinski definition) is 3. The maximum Gasteiger partial charge on any atom is 0.274 e. The van der Waals surface area contributed by atoms with E-state index in [-0.39, 0.29) is 5.91 Å². The first-order valence-electron chi connectivity index (χ1n) is 6.11. The van der Waals surface area contributed by atoms with Crippen molar-refractivity contribution in [2.45, 2.75) is 19.8 Å². The van der Waals surface area contributed by atoms with Crippen LogP contribution in [0.2, 0.25) is 0 Å². The fourth-order valence-electron chi connectivity index (χ4n) is 2.32. The molecule has 17 heavy (non-hydrogen) atoms. The lowest BCUT2D eigenvalue weighted by Crippen LogP contribution is -2.29. The van der Waals surface area contributed by atoms with Gasteiger partial charge in [-0.15, -0.1) is 0 Å². The number of amides is 1. The molecule has 2 heterocycles. The van der Waals surface area contributed by atoms with Gasteiger partial charge in [-0.3, -0.25) is 9.48 Å². The van der Waals surface area contributed by atoms with Crippen LogP contribution in [0.5, 0.6) is 0 Å². The number of aryl methyl sites for hydroxylation is 2. The van der Waals surface area contributed by atoms with Gasteiger partial charge in [0.05, 0.1) is 0 Å². The summed E-state index contributed by atoms with van der Waals surface area (Å²) in [6.07, 6.45) is 2.07. The van der Waals surface area contributed by atoms with Crippen LogP contribution in [-0.4, -0.2) is 40.2 Å². The second-order valence-corrected chi connectivity index (χ2v) is 4.78. The van der Waals surface area contributed by atoms with Crippen molar-refractivity contribution in [2.75, 3.05) is 19.6 Å². The molecule has 0 bridgehead atoms. The van der Waals surface area contributed by atoms with Crippen LogP contribution in [0.15, 0.2) is 6.07 Å². The minimum absolute atomic E-state index is 0.0493. The molecule has 1 atom stereocenters. The maximum atomic E-state index is 12.2. The molecule has 1 aliphatic rings. The Bertz CT molecular complexity index is 393. The topological polar surface area (TPSA) is 64.2 Å². The molecule has 0 saturated carbocycles. The van der Waals surface area contributed by atoms with Gasteiger partial charge in [0.1, 0.15) is 0 Å². The molecule has 5 nitrogen and oxygen atoms in total. The molecule has 1 aromatic rings. The molecule has 1 unspecified atom stereocenters. The van der Waals surface area contributed by atoms with E-state index in [4.69, 9.17) is 5.73 Å². The van der Waals surface area contributed by atoms with Gasteiger partial charge >= 0.3 is 0 Å². The van der Waals surface area contributed by atoms with E-state index in [9.17, 15) is 4.79 Å². The van der Waals surface area contributed by atoms with Crippen LogP contribution in [0.1, 0.15) is 29.0 Å². The lowest BCUT2D eigenvalue weighted by Gasteiger charge is -2.14. The van der Waals surface area contributed by atoms with Gasteiger partial charge in [-0.2, -0.15) is 5.10 Å². The standard InChI is InChI=1S/C12H20N4O/c1-9-7-11(14-15(9)2)12(17)16-6-4-10(8-16)3-5-13/h7,10H,3-6,8,13H2,1-2H3. The van der Waals surface area contributed by atoms with Gasteiger partial charge < -0.3 is 10.6 Å². The summed E-state index contributed by atoms with van der Waals surface area (Å²) < 4.78 is 1.74. The average molecular weight is 236 g/mol. The van der Waals surface area contributed by atoms with E-state index in [1.807, 2.05) is 24.9 Å². The summed E-state index contributed by atoms with van der Waals surface area (Å²) in [7, 11) is 1.85. The molecule has 0 radical (unpaired) electrons. The first-order valence-corrected chi connectivity index (χ1v) is 6.11. The molecule has 2 rings (SSSR count). The second-order valence-electron chi connectivity index (χ2n) is 4.78. The molecule has 2 N–H and O–H groups in total. The predicted octanol–water partition coefficient (Wildman–Crippen LogP) is 0.539. The Balaban J connectivity index is 2.02. The van der Waals surface area contributed by atoms with Crippen molar-refractivity contribution >= 4 is 5.91 Å². The Morgan fingerprint density at radius 2 is 2.41 bits per heavy atom. The molecular formula is C12H20N4O. The number of carbonyl (C=O) groups is 1. The number of likely N-dealkylation sites (tertiary alicyclic amines) is 1. The van der Waals surface area contributed by atoms with Gasteiger partial charge in [0.2, 0.25) is 0 Å². The zero-order valence-corrected chi connectivity index (χ0v) is 10.5. The first kappa shape index (κ1) is 12.1. The summed E-state index contributed by atoms with van der Waals surface area (Å²) in [5.74, 6) is 0.613. The summed E-state index contributed by atoms with van der Waals surface area (Å²) in [5.41, 5.74) is 7.10. The van der Waals surface area contributed by atoms with Crippen molar-refractivity contribution in [1.29, 1.82) is 0 Å². The Kier molecular flexibility index (Phi) is 3.47. The molecular weight excluding hydrogens is 216 g/mol. The van der Waals surface area contributed by atoms with Crippen LogP contribution < -0.4 is 5.73 Å². The number of nitrogens with two attached hydrogens (primary N) is 1. The third-order valence-corrected chi connectivity index (χ3v) is 3.48. The van der Waals surface area contributed by atoms with Crippen LogP contribution in [-0.2, 0) is 7.05 Å². The summed E-state index contributed by atoms with van der Waals surface area (Å²) in [6.45, 7) is 4.31. The molecule has 1 amide bonds. The zero-order valence-electron chi connectivity index (χ0n) is 10.5. The van der Waals surface area contributed by atoms with Gasteiger partial charge in [0, 0.05) is 25.8 Å². The Morgan fingerprint density at radius 1 is 1.65 bits per heavy atom. The molecule has 1 aromatic heterocycles. The van der Waals surface area contributed by atoms with Crippen molar-refractivity contribution in [1.82, 2.24) is 14.7 Å². The van der Waals surface area contributed by atoms with Crippen molar-refractivity contribution < 1.29 is 4.79 Å². The molecule has 1 aliphatic heterocycles. The lowest BCUT2D eigenvalue weighted by molar-refractivity contribution is 0.0780. The van der Waals surface area contributed by atoms with Crippen LogP contribution in [0.3, 0.4) is 0 Å². The number of hydrogen-bond donors (Lipinski definition) is 1. The number of nitrogens with zero attached hydrogens (tertiary/aromatic N) is 3. The minimum Gasteiger partial charge on any atom is -0.337 e. The first-order chi connectivity index (χ1) is 8.11. The summed E-state index contributed by atoms with van der Waals surface area (Å²) >= 11 is 0. The Hall–Kier alpha value is -1.36. The Morgan fingerprint density at radius 3 is 3.00 bits per heavy atom. The summed E-state index contributed by atoms with van der Waals surface area (Å²) in [5, 5.41) is 4.23. The highest BCUT2D eigenvalue weighted by Crippen LogP contribution is 2.20. The quantitative estimate of drug-likeness (QED) is 0.833. The molecule has 1 fully saturated rings. The van der Waals surface area contributed by atoms with Gasteiger partial charge in [-0.05, 0) is 38.3 Å². The molecule has 0 aromatic carbocycles. The highest BCUT2D eigenvalue weighted by atomic mass is 16.2. The van der Waals surface area contributed by atoms with Gasteiger partial charge in [0.15, 0.2) is 5.69 Å². The van der Waals surface area contributed by atoms with E-state index < -0.39 is 0 Å². The van der Waals surface area contributed by atoms with Crippen LogP contribution >= 0.6 is 0 Å². The smallest absolute Gasteiger partial charge is 0.274 e. The van der Waals surface area contributed by atoms with E-state index in [0.717, 1.165) is 31.6 Å². The third kappa shape index (κ3) is 2.49. The predicted molar refractivity (Wildman–Crippen MR) is 65.6 cm³/mol. The maximum absolute atomic E-state index is 12.2. The SMILES string of the molecule is Cc1cc(C(=O)N2CCC(CCN)C2)nn1C. The van der Waals surface area contributed by atoms with Gasteiger partial charge in [0.25, 0.3) is 5.91 Å². The van der Waals surface area contributed by atoms with E-state index in [1.165, 1.54) is 0 Å². The third-order valence-electron chi connectivity index (χ3n) is 3.48. The van der Waals surface area contributed by atoms with E-state index >= 15 is 0 Å². The second kappa shape index (κ2) is 4.87. The van der Waals surface area contributed by atoms with Crippen molar-refractivity contribution in [2.24, 2.45) is 18.7 Å². The zero-order chi connectivity index (χ0) is 12.4. The van der Waals surface area contributed by atoms with Gasteiger partial charge in [-0.25, -0.2) is 0 Å². The number of rotatable bonds is 3. The molecule has 94 valence electrons. The average Bonchev–Trinajstić information content (AvgIpc) is 2.87. The van der Waals surface area contributed by atoms with Gasteiger partial charge in [-0.1, -0.05) is 0 Å². The molecule has 0 spiro atoms. The van der Waals surface area contributed by atoms with Crippen molar-refractivity contribution in [3.05, 3.63) is 17.5 Å².